The quantitative estimate of drug-likeness (QED) is 0.841. The molecule has 0 aliphatic carbocycles. The van der Waals surface area contributed by atoms with Crippen LogP contribution in [0.4, 0.5) is 5.69 Å². The number of aryl methyl sites for hydroxylation is 1. The Morgan fingerprint density at radius 2 is 2.14 bits per heavy atom. The zero-order valence-electron chi connectivity index (χ0n) is 13.3. The molecule has 2 aromatic heterocycles. The zero-order chi connectivity index (χ0) is 16.3. The Labute approximate surface area is 138 Å². The predicted molar refractivity (Wildman–Crippen MR) is 88.8 cm³/mol. The molecule has 0 spiro atoms. The number of halogens is 1. The predicted octanol–water partition coefficient (Wildman–Crippen LogP) is 1.66. The van der Waals surface area contributed by atoms with E-state index in [4.69, 9.17) is 0 Å². The van der Waals surface area contributed by atoms with Gasteiger partial charge in [-0.2, -0.15) is 10.2 Å². The van der Waals surface area contributed by atoms with Crippen LogP contribution in [0.1, 0.15) is 11.4 Å². The van der Waals surface area contributed by atoms with Crippen molar-refractivity contribution in [3.05, 3.63) is 28.3 Å². The van der Waals surface area contributed by atoms with Gasteiger partial charge in [0, 0.05) is 12.7 Å². The highest BCUT2D eigenvalue weighted by Crippen LogP contribution is 2.19. The highest BCUT2D eigenvalue weighted by Gasteiger charge is 2.12. The van der Waals surface area contributed by atoms with Crippen molar-refractivity contribution in [2.24, 2.45) is 0 Å². The molecule has 0 aliphatic rings. The number of aromatic nitrogens is 4. The summed E-state index contributed by atoms with van der Waals surface area (Å²) in [6.07, 6.45) is 3.49. The van der Waals surface area contributed by atoms with E-state index in [0.29, 0.717) is 5.69 Å². The number of carbonyl (C=O) groups excluding carboxylic acids is 1. The Hall–Kier alpha value is -1.67. The third-order valence-electron chi connectivity index (χ3n) is 3.28. The second kappa shape index (κ2) is 7.06. The SMILES string of the molecule is Cc1nn(CC(=O)Nc2cnn(CCN(C)C)c2)c(C)c1Br. The lowest BCUT2D eigenvalue weighted by Crippen LogP contribution is -2.20. The molecule has 1 amide bonds. The summed E-state index contributed by atoms with van der Waals surface area (Å²) < 4.78 is 4.44. The lowest BCUT2D eigenvalue weighted by atomic mass is 10.4. The minimum Gasteiger partial charge on any atom is -0.322 e. The maximum absolute atomic E-state index is 12.1. The van der Waals surface area contributed by atoms with Gasteiger partial charge in [0.2, 0.25) is 5.91 Å². The van der Waals surface area contributed by atoms with Gasteiger partial charge >= 0.3 is 0 Å². The molecule has 0 radical (unpaired) electrons. The van der Waals surface area contributed by atoms with E-state index < -0.39 is 0 Å². The summed E-state index contributed by atoms with van der Waals surface area (Å²) in [5.74, 6) is -0.120. The second-order valence-electron chi connectivity index (χ2n) is 5.49. The second-order valence-corrected chi connectivity index (χ2v) is 6.28. The summed E-state index contributed by atoms with van der Waals surface area (Å²) in [6, 6.07) is 0. The number of amides is 1. The summed E-state index contributed by atoms with van der Waals surface area (Å²) >= 11 is 3.46. The van der Waals surface area contributed by atoms with Crippen molar-refractivity contribution < 1.29 is 4.79 Å². The lowest BCUT2D eigenvalue weighted by Gasteiger charge is -2.08. The zero-order valence-corrected chi connectivity index (χ0v) is 14.9. The molecule has 0 bridgehead atoms. The fourth-order valence-electron chi connectivity index (χ4n) is 2.02. The summed E-state index contributed by atoms with van der Waals surface area (Å²) in [5, 5.41) is 11.4. The summed E-state index contributed by atoms with van der Waals surface area (Å²) in [5.41, 5.74) is 2.51. The first-order chi connectivity index (χ1) is 10.4. The van der Waals surface area contributed by atoms with Gasteiger partial charge in [-0.1, -0.05) is 0 Å². The van der Waals surface area contributed by atoms with Crippen LogP contribution in [0.3, 0.4) is 0 Å². The number of carbonyl (C=O) groups is 1. The van der Waals surface area contributed by atoms with E-state index >= 15 is 0 Å². The monoisotopic (exact) mass is 368 g/mol. The molecular weight excluding hydrogens is 348 g/mol. The van der Waals surface area contributed by atoms with Gasteiger partial charge in [-0.3, -0.25) is 14.2 Å². The van der Waals surface area contributed by atoms with Gasteiger partial charge in [0.15, 0.2) is 0 Å². The molecular formula is C14H21BrN6O. The molecule has 0 fully saturated rings. The van der Waals surface area contributed by atoms with Crippen molar-refractivity contribution in [1.29, 1.82) is 0 Å². The van der Waals surface area contributed by atoms with Crippen LogP contribution < -0.4 is 5.32 Å². The van der Waals surface area contributed by atoms with Gasteiger partial charge < -0.3 is 10.2 Å². The van der Waals surface area contributed by atoms with Crippen molar-refractivity contribution in [3.8, 4) is 0 Å². The summed E-state index contributed by atoms with van der Waals surface area (Å²) in [6.45, 7) is 5.69. The van der Waals surface area contributed by atoms with Crippen molar-refractivity contribution in [2.45, 2.75) is 26.9 Å². The number of nitrogens with zero attached hydrogens (tertiary/aromatic N) is 5. The maximum atomic E-state index is 12.1. The Kier molecular flexibility index (Phi) is 5.36. The van der Waals surface area contributed by atoms with Crippen LogP contribution in [-0.2, 0) is 17.9 Å². The molecule has 0 saturated heterocycles. The van der Waals surface area contributed by atoms with Gasteiger partial charge in [0.05, 0.1) is 34.3 Å². The first-order valence-electron chi connectivity index (χ1n) is 7.03. The van der Waals surface area contributed by atoms with Crippen molar-refractivity contribution >= 4 is 27.5 Å². The number of rotatable bonds is 6. The highest BCUT2D eigenvalue weighted by atomic mass is 79.9. The fourth-order valence-corrected chi connectivity index (χ4v) is 2.30. The number of hydrogen-bond donors (Lipinski definition) is 1. The van der Waals surface area contributed by atoms with Crippen LogP contribution >= 0.6 is 15.9 Å². The molecule has 0 aromatic carbocycles. The van der Waals surface area contributed by atoms with E-state index in [1.165, 1.54) is 0 Å². The molecule has 2 heterocycles. The van der Waals surface area contributed by atoms with E-state index in [1.807, 2.05) is 38.8 Å². The third kappa shape index (κ3) is 4.17. The van der Waals surface area contributed by atoms with E-state index in [1.54, 1.807) is 10.9 Å². The van der Waals surface area contributed by atoms with Gasteiger partial charge in [-0.15, -0.1) is 0 Å². The van der Waals surface area contributed by atoms with Crippen LogP contribution in [0.5, 0.6) is 0 Å². The maximum Gasteiger partial charge on any atom is 0.246 e. The van der Waals surface area contributed by atoms with Crippen molar-refractivity contribution in [3.63, 3.8) is 0 Å². The minimum absolute atomic E-state index is 0.120. The molecule has 0 atom stereocenters. The van der Waals surface area contributed by atoms with Crippen LogP contribution in [0.25, 0.3) is 0 Å². The summed E-state index contributed by atoms with van der Waals surface area (Å²) in [4.78, 5) is 14.2. The smallest absolute Gasteiger partial charge is 0.246 e. The topological polar surface area (TPSA) is 68.0 Å². The normalized spacial score (nSPS) is 11.2. The van der Waals surface area contributed by atoms with E-state index in [-0.39, 0.29) is 12.5 Å². The van der Waals surface area contributed by atoms with Crippen LogP contribution in [0, 0.1) is 13.8 Å². The Morgan fingerprint density at radius 1 is 1.41 bits per heavy atom. The fraction of sp³-hybridized carbons (Fsp3) is 0.500. The highest BCUT2D eigenvalue weighted by molar-refractivity contribution is 9.10. The number of hydrogen-bond acceptors (Lipinski definition) is 4. The molecule has 0 aliphatic heterocycles. The molecule has 7 nitrogen and oxygen atoms in total. The Bertz CT molecular complexity index is 660. The molecule has 120 valence electrons. The average Bonchev–Trinajstić information content (AvgIpc) is 2.98. The Balaban J connectivity index is 1.93. The number of likely N-dealkylation sites (N-methyl/N-ethyl adjacent to an activating group) is 1. The molecule has 2 rings (SSSR count). The van der Waals surface area contributed by atoms with Gasteiger partial charge in [0.25, 0.3) is 0 Å². The third-order valence-corrected chi connectivity index (χ3v) is 4.43. The van der Waals surface area contributed by atoms with Crippen LogP contribution in [0.2, 0.25) is 0 Å². The molecule has 22 heavy (non-hydrogen) atoms. The molecule has 0 saturated carbocycles. The summed E-state index contributed by atoms with van der Waals surface area (Å²) in [7, 11) is 4.03. The first-order valence-corrected chi connectivity index (χ1v) is 7.82. The van der Waals surface area contributed by atoms with E-state index in [9.17, 15) is 4.79 Å². The lowest BCUT2D eigenvalue weighted by molar-refractivity contribution is -0.116. The van der Waals surface area contributed by atoms with Crippen LogP contribution in [-0.4, -0.2) is 51.0 Å². The Morgan fingerprint density at radius 3 is 2.73 bits per heavy atom. The molecule has 0 unspecified atom stereocenters. The minimum atomic E-state index is -0.120. The van der Waals surface area contributed by atoms with Crippen molar-refractivity contribution in [1.82, 2.24) is 24.5 Å². The standard InChI is InChI=1S/C14H21BrN6O/c1-10-14(15)11(2)21(18-10)9-13(22)17-12-7-16-20(8-12)6-5-19(3)4/h7-8H,5-6,9H2,1-4H3,(H,17,22). The van der Waals surface area contributed by atoms with Crippen molar-refractivity contribution in [2.75, 3.05) is 26.0 Å². The average molecular weight is 369 g/mol. The van der Waals surface area contributed by atoms with E-state index in [2.05, 4.69) is 36.3 Å². The van der Waals surface area contributed by atoms with Gasteiger partial charge in [-0.25, -0.2) is 0 Å². The number of anilines is 1. The molecule has 2 aromatic rings. The largest absolute Gasteiger partial charge is 0.322 e. The van der Waals surface area contributed by atoms with E-state index in [0.717, 1.165) is 29.0 Å². The molecule has 8 heteroatoms. The van der Waals surface area contributed by atoms with Gasteiger partial charge in [-0.05, 0) is 43.9 Å². The first kappa shape index (κ1) is 16.7. The number of nitrogens with one attached hydrogen (secondary N) is 1. The van der Waals surface area contributed by atoms with Gasteiger partial charge in [0.1, 0.15) is 6.54 Å². The molecule has 1 N–H and O–H groups in total. The van der Waals surface area contributed by atoms with Crippen LogP contribution in [0.15, 0.2) is 16.9 Å².